The fourth-order valence-electron chi connectivity index (χ4n) is 2.65. The second-order valence-corrected chi connectivity index (χ2v) is 5.87. The van der Waals surface area contributed by atoms with Gasteiger partial charge < -0.3 is 9.80 Å². The average molecular weight is 333 g/mol. The van der Waals surface area contributed by atoms with Gasteiger partial charge in [-0.1, -0.05) is 11.6 Å². The number of halogens is 1. The van der Waals surface area contributed by atoms with Crippen molar-refractivity contribution in [3.8, 4) is 0 Å². The van der Waals surface area contributed by atoms with Gasteiger partial charge in [0.25, 0.3) is 11.8 Å². The number of nitrogens with zero attached hydrogens (tertiary/aromatic N) is 3. The summed E-state index contributed by atoms with van der Waals surface area (Å²) in [4.78, 5) is 28.4. The zero-order valence-electron chi connectivity index (χ0n) is 12.5. The molecule has 120 valence electrons. The van der Waals surface area contributed by atoms with E-state index >= 15 is 0 Å². The molecule has 2 heterocycles. The highest BCUT2D eigenvalue weighted by molar-refractivity contribution is 6.30. The first-order chi connectivity index (χ1) is 11.1. The molecule has 1 N–H and O–H groups in total. The Bertz CT molecular complexity index is 685. The molecule has 1 aliphatic heterocycles. The Kier molecular flexibility index (Phi) is 4.62. The number of rotatable bonds is 2. The highest BCUT2D eigenvalue weighted by atomic mass is 35.5. The lowest BCUT2D eigenvalue weighted by atomic mass is 10.2. The van der Waals surface area contributed by atoms with Gasteiger partial charge in [-0.3, -0.25) is 14.7 Å². The molecule has 6 nitrogen and oxygen atoms in total. The Labute approximate surface area is 139 Å². The maximum absolute atomic E-state index is 12.5. The van der Waals surface area contributed by atoms with Crippen molar-refractivity contribution in [2.24, 2.45) is 0 Å². The van der Waals surface area contributed by atoms with Crippen molar-refractivity contribution in [3.05, 3.63) is 52.8 Å². The summed E-state index contributed by atoms with van der Waals surface area (Å²) < 4.78 is 0. The Morgan fingerprint density at radius 2 is 1.57 bits per heavy atom. The van der Waals surface area contributed by atoms with Crippen molar-refractivity contribution in [1.29, 1.82) is 0 Å². The second-order valence-electron chi connectivity index (χ2n) is 5.43. The zero-order chi connectivity index (χ0) is 16.2. The van der Waals surface area contributed by atoms with Crippen LogP contribution in [0.4, 0.5) is 0 Å². The van der Waals surface area contributed by atoms with Crippen LogP contribution in [0.3, 0.4) is 0 Å². The van der Waals surface area contributed by atoms with Crippen molar-refractivity contribution in [3.63, 3.8) is 0 Å². The third-order valence-electron chi connectivity index (χ3n) is 3.91. The van der Waals surface area contributed by atoms with E-state index in [0.717, 1.165) is 6.42 Å². The Hall–Kier alpha value is -2.34. The fourth-order valence-corrected chi connectivity index (χ4v) is 2.78. The van der Waals surface area contributed by atoms with Crippen LogP contribution in [0.2, 0.25) is 5.02 Å². The minimum absolute atomic E-state index is 0.0284. The number of hydrogen-bond donors (Lipinski definition) is 1. The predicted octanol–water partition coefficient (Wildman–Crippen LogP) is 2.05. The Balaban J connectivity index is 1.65. The molecular formula is C16H17ClN4O2. The number of aromatic amines is 1. The number of nitrogens with one attached hydrogen (secondary N) is 1. The monoisotopic (exact) mass is 332 g/mol. The lowest BCUT2D eigenvalue weighted by molar-refractivity contribution is 0.0719. The van der Waals surface area contributed by atoms with Crippen molar-refractivity contribution in [2.45, 2.75) is 6.42 Å². The molecule has 0 saturated carbocycles. The van der Waals surface area contributed by atoms with Crippen LogP contribution < -0.4 is 0 Å². The van der Waals surface area contributed by atoms with Crippen LogP contribution in [0.15, 0.2) is 36.7 Å². The van der Waals surface area contributed by atoms with Gasteiger partial charge >= 0.3 is 0 Å². The van der Waals surface area contributed by atoms with Crippen LogP contribution in [-0.4, -0.2) is 58.0 Å². The maximum atomic E-state index is 12.5. The maximum Gasteiger partial charge on any atom is 0.257 e. The molecule has 7 heteroatoms. The van der Waals surface area contributed by atoms with Crippen LogP contribution in [-0.2, 0) is 0 Å². The van der Waals surface area contributed by atoms with Gasteiger partial charge in [0.2, 0.25) is 0 Å². The van der Waals surface area contributed by atoms with E-state index in [1.165, 1.54) is 6.20 Å². The van der Waals surface area contributed by atoms with Crippen LogP contribution in [0.5, 0.6) is 0 Å². The van der Waals surface area contributed by atoms with E-state index in [-0.39, 0.29) is 11.8 Å². The van der Waals surface area contributed by atoms with E-state index in [0.29, 0.717) is 42.3 Å². The number of amides is 2. The Morgan fingerprint density at radius 3 is 2.13 bits per heavy atom. The summed E-state index contributed by atoms with van der Waals surface area (Å²) in [6, 6.07) is 6.87. The molecule has 1 aromatic heterocycles. The molecule has 23 heavy (non-hydrogen) atoms. The molecule has 2 aromatic rings. The van der Waals surface area contributed by atoms with Crippen molar-refractivity contribution >= 4 is 23.4 Å². The number of carbonyl (C=O) groups is 2. The summed E-state index contributed by atoms with van der Waals surface area (Å²) in [6.07, 6.45) is 3.86. The first-order valence-corrected chi connectivity index (χ1v) is 7.86. The van der Waals surface area contributed by atoms with E-state index < -0.39 is 0 Å². The summed E-state index contributed by atoms with van der Waals surface area (Å²) in [6.45, 7) is 2.30. The van der Waals surface area contributed by atoms with Gasteiger partial charge in [0.05, 0.1) is 11.8 Å². The van der Waals surface area contributed by atoms with E-state index in [2.05, 4.69) is 10.2 Å². The molecule has 2 amide bonds. The predicted molar refractivity (Wildman–Crippen MR) is 86.5 cm³/mol. The average Bonchev–Trinajstić information content (AvgIpc) is 2.99. The van der Waals surface area contributed by atoms with Crippen LogP contribution in [0.1, 0.15) is 27.1 Å². The van der Waals surface area contributed by atoms with E-state index in [1.807, 2.05) is 0 Å². The van der Waals surface area contributed by atoms with Gasteiger partial charge in [0.15, 0.2) is 0 Å². The number of hydrogen-bond acceptors (Lipinski definition) is 3. The zero-order valence-corrected chi connectivity index (χ0v) is 13.3. The van der Waals surface area contributed by atoms with Crippen LogP contribution in [0, 0.1) is 0 Å². The number of benzene rings is 1. The third kappa shape index (κ3) is 3.53. The number of H-pyrrole nitrogens is 1. The highest BCUT2D eigenvalue weighted by Gasteiger charge is 2.23. The van der Waals surface area contributed by atoms with Gasteiger partial charge in [0, 0.05) is 43.0 Å². The van der Waals surface area contributed by atoms with Crippen molar-refractivity contribution in [1.82, 2.24) is 20.0 Å². The SMILES string of the molecule is O=C(c1ccc(Cl)cc1)N1CCCN(C(=O)c2cn[nH]c2)CC1. The smallest absolute Gasteiger partial charge is 0.257 e. The third-order valence-corrected chi connectivity index (χ3v) is 4.16. The summed E-state index contributed by atoms with van der Waals surface area (Å²) in [5.74, 6) is -0.0844. The van der Waals surface area contributed by atoms with Crippen molar-refractivity contribution in [2.75, 3.05) is 26.2 Å². The fraction of sp³-hybridized carbons (Fsp3) is 0.312. The van der Waals surface area contributed by atoms with E-state index in [4.69, 9.17) is 11.6 Å². The number of carbonyl (C=O) groups excluding carboxylic acids is 2. The minimum Gasteiger partial charge on any atom is -0.337 e. The second kappa shape index (κ2) is 6.83. The van der Waals surface area contributed by atoms with Gasteiger partial charge in [-0.2, -0.15) is 5.10 Å². The summed E-state index contributed by atoms with van der Waals surface area (Å²) >= 11 is 5.85. The first-order valence-electron chi connectivity index (χ1n) is 7.48. The lowest BCUT2D eigenvalue weighted by Crippen LogP contribution is -2.37. The molecule has 1 fully saturated rings. The summed E-state index contributed by atoms with van der Waals surface area (Å²) in [7, 11) is 0. The normalized spacial score (nSPS) is 15.3. The van der Waals surface area contributed by atoms with Gasteiger partial charge in [-0.25, -0.2) is 0 Å². The first kappa shape index (κ1) is 15.6. The van der Waals surface area contributed by atoms with Gasteiger partial charge in [-0.05, 0) is 30.7 Å². The lowest BCUT2D eigenvalue weighted by Gasteiger charge is -2.22. The Morgan fingerprint density at radius 1 is 0.957 bits per heavy atom. The largest absolute Gasteiger partial charge is 0.337 e. The molecule has 1 aromatic carbocycles. The molecule has 0 aliphatic carbocycles. The topological polar surface area (TPSA) is 69.3 Å². The molecule has 1 saturated heterocycles. The molecule has 0 radical (unpaired) electrons. The van der Waals surface area contributed by atoms with Crippen molar-refractivity contribution < 1.29 is 9.59 Å². The van der Waals surface area contributed by atoms with E-state index in [1.54, 1.807) is 40.3 Å². The summed E-state index contributed by atoms with van der Waals surface area (Å²) in [5.41, 5.74) is 1.16. The van der Waals surface area contributed by atoms with Crippen LogP contribution in [0.25, 0.3) is 0 Å². The van der Waals surface area contributed by atoms with Gasteiger partial charge in [-0.15, -0.1) is 0 Å². The standard InChI is InChI=1S/C16H17ClN4O2/c17-14-4-2-12(3-5-14)15(22)20-6-1-7-21(9-8-20)16(23)13-10-18-19-11-13/h2-5,10-11H,1,6-9H2,(H,18,19). The van der Waals surface area contributed by atoms with Crippen LogP contribution >= 0.6 is 11.6 Å². The molecule has 0 unspecified atom stereocenters. The van der Waals surface area contributed by atoms with E-state index in [9.17, 15) is 9.59 Å². The number of aromatic nitrogens is 2. The highest BCUT2D eigenvalue weighted by Crippen LogP contribution is 2.14. The molecule has 0 spiro atoms. The summed E-state index contributed by atoms with van der Waals surface area (Å²) in [5, 5.41) is 7.06. The molecule has 1 aliphatic rings. The molecular weight excluding hydrogens is 316 g/mol. The van der Waals surface area contributed by atoms with Gasteiger partial charge in [0.1, 0.15) is 0 Å². The molecule has 3 rings (SSSR count). The quantitative estimate of drug-likeness (QED) is 0.915. The molecule has 0 atom stereocenters. The molecule has 0 bridgehead atoms. The minimum atomic E-state index is -0.0560.